The van der Waals surface area contributed by atoms with E-state index in [2.05, 4.69) is 15.2 Å². The summed E-state index contributed by atoms with van der Waals surface area (Å²) in [6.45, 7) is 5.16. The summed E-state index contributed by atoms with van der Waals surface area (Å²) in [7, 11) is 0. The summed E-state index contributed by atoms with van der Waals surface area (Å²) in [4.78, 5) is 26.6. The molecular formula is C18H22N4O2. The first-order valence-corrected chi connectivity index (χ1v) is 8.14. The van der Waals surface area contributed by atoms with E-state index in [4.69, 9.17) is 0 Å². The van der Waals surface area contributed by atoms with Crippen LogP contribution in [-0.2, 0) is 11.3 Å². The van der Waals surface area contributed by atoms with Gasteiger partial charge in [0, 0.05) is 30.7 Å². The maximum absolute atomic E-state index is 12.7. The van der Waals surface area contributed by atoms with Crippen LogP contribution in [0.4, 0.5) is 10.5 Å². The summed E-state index contributed by atoms with van der Waals surface area (Å²) in [5, 5.41) is 5.44. The van der Waals surface area contributed by atoms with E-state index in [1.54, 1.807) is 19.1 Å². The summed E-state index contributed by atoms with van der Waals surface area (Å²) in [5.74, 6) is -0.0711. The molecule has 0 saturated heterocycles. The molecule has 2 heterocycles. The number of hydrogen-bond acceptors (Lipinski definition) is 2. The summed E-state index contributed by atoms with van der Waals surface area (Å²) in [5.41, 5.74) is 1.81. The third-order valence-electron chi connectivity index (χ3n) is 4.37. The van der Waals surface area contributed by atoms with Gasteiger partial charge in [0.05, 0.1) is 6.04 Å². The lowest BCUT2D eigenvalue weighted by Crippen LogP contribution is -2.51. The van der Waals surface area contributed by atoms with Crippen LogP contribution in [0.1, 0.15) is 25.6 Å². The van der Waals surface area contributed by atoms with Gasteiger partial charge in [-0.25, -0.2) is 4.79 Å². The Labute approximate surface area is 141 Å². The average molecular weight is 326 g/mol. The zero-order valence-corrected chi connectivity index (χ0v) is 13.9. The summed E-state index contributed by atoms with van der Waals surface area (Å²) < 4.78 is 2.16. The molecule has 1 aliphatic heterocycles. The van der Waals surface area contributed by atoms with Gasteiger partial charge in [-0.15, -0.1) is 0 Å². The van der Waals surface area contributed by atoms with E-state index in [0.717, 1.165) is 12.2 Å². The highest BCUT2D eigenvalue weighted by molar-refractivity contribution is 5.93. The Balaban J connectivity index is 1.60. The fourth-order valence-corrected chi connectivity index (χ4v) is 3.08. The van der Waals surface area contributed by atoms with Gasteiger partial charge in [-0.1, -0.05) is 18.2 Å². The molecule has 2 aromatic rings. The van der Waals surface area contributed by atoms with Gasteiger partial charge in [-0.3, -0.25) is 4.79 Å². The van der Waals surface area contributed by atoms with Gasteiger partial charge < -0.3 is 20.1 Å². The maximum atomic E-state index is 12.7. The molecule has 6 heteroatoms. The van der Waals surface area contributed by atoms with Crippen LogP contribution in [0.15, 0.2) is 48.7 Å². The topological polar surface area (TPSA) is 66.4 Å². The molecule has 6 nitrogen and oxygen atoms in total. The number of anilines is 1. The van der Waals surface area contributed by atoms with Crippen LogP contribution in [-0.4, -0.2) is 34.0 Å². The van der Waals surface area contributed by atoms with Crippen molar-refractivity contribution in [1.82, 2.24) is 14.8 Å². The zero-order valence-electron chi connectivity index (χ0n) is 13.9. The average Bonchev–Trinajstić information content (AvgIpc) is 3.05. The van der Waals surface area contributed by atoms with Crippen molar-refractivity contribution in [2.75, 3.05) is 11.9 Å². The highest BCUT2D eigenvalue weighted by atomic mass is 16.2. The van der Waals surface area contributed by atoms with Crippen molar-refractivity contribution >= 4 is 17.6 Å². The molecule has 126 valence electrons. The molecule has 0 saturated carbocycles. The molecule has 0 bridgehead atoms. The molecule has 2 atom stereocenters. The molecule has 1 aromatic carbocycles. The summed E-state index contributed by atoms with van der Waals surface area (Å²) >= 11 is 0. The Morgan fingerprint density at radius 3 is 2.62 bits per heavy atom. The lowest BCUT2D eigenvalue weighted by Gasteiger charge is -2.36. The molecule has 1 aromatic heterocycles. The van der Waals surface area contributed by atoms with Crippen molar-refractivity contribution in [1.29, 1.82) is 0 Å². The summed E-state index contributed by atoms with van der Waals surface area (Å²) in [6, 6.07) is 12.2. The first-order valence-electron chi connectivity index (χ1n) is 8.14. The number of fused-ring (bicyclic) bond motifs is 1. The van der Waals surface area contributed by atoms with Crippen molar-refractivity contribution in [2.24, 2.45) is 0 Å². The highest BCUT2D eigenvalue weighted by Crippen LogP contribution is 2.25. The van der Waals surface area contributed by atoms with Crippen molar-refractivity contribution in [2.45, 2.75) is 32.5 Å². The van der Waals surface area contributed by atoms with Crippen LogP contribution >= 0.6 is 0 Å². The second kappa shape index (κ2) is 6.78. The van der Waals surface area contributed by atoms with Gasteiger partial charge in [0.25, 0.3) is 0 Å². The molecule has 0 radical (unpaired) electrons. The third-order valence-corrected chi connectivity index (χ3v) is 4.37. The molecule has 0 aliphatic carbocycles. The van der Waals surface area contributed by atoms with E-state index in [0.29, 0.717) is 12.2 Å². The number of rotatable bonds is 3. The number of nitrogens with one attached hydrogen (secondary N) is 2. The number of hydrogen-bond donors (Lipinski definition) is 2. The maximum Gasteiger partial charge on any atom is 0.319 e. The monoisotopic (exact) mass is 326 g/mol. The van der Waals surface area contributed by atoms with E-state index in [9.17, 15) is 9.59 Å². The van der Waals surface area contributed by atoms with Crippen molar-refractivity contribution in [3.05, 3.63) is 54.4 Å². The van der Waals surface area contributed by atoms with Gasteiger partial charge in [0.2, 0.25) is 5.91 Å². The Morgan fingerprint density at radius 2 is 1.88 bits per heavy atom. The molecule has 0 spiro atoms. The largest absolute Gasteiger partial charge is 0.348 e. The van der Waals surface area contributed by atoms with Gasteiger partial charge in [0.1, 0.15) is 6.04 Å². The SMILES string of the molecule is CC(NC(=O)Nc1ccccc1)C(=O)N1CCn2cccc2C1C. The lowest BCUT2D eigenvalue weighted by atomic mass is 10.1. The fourth-order valence-electron chi connectivity index (χ4n) is 3.08. The van der Waals surface area contributed by atoms with Crippen molar-refractivity contribution in [3.8, 4) is 0 Å². The van der Waals surface area contributed by atoms with E-state index in [1.165, 1.54) is 0 Å². The van der Waals surface area contributed by atoms with E-state index >= 15 is 0 Å². The first-order chi connectivity index (χ1) is 11.6. The van der Waals surface area contributed by atoms with Crippen molar-refractivity contribution < 1.29 is 9.59 Å². The standard InChI is InChI=1S/C18H22N4O2/c1-13(19-18(24)20-15-7-4-3-5-8-15)17(23)22-12-11-21-10-6-9-16(21)14(22)2/h3-10,13-14H,11-12H2,1-2H3,(H2,19,20,24). The molecule has 3 rings (SSSR count). The molecule has 3 amide bonds. The quantitative estimate of drug-likeness (QED) is 0.910. The number of nitrogens with zero attached hydrogens (tertiary/aromatic N) is 2. The fraction of sp³-hybridized carbons (Fsp3) is 0.333. The Morgan fingerprint density at radius 1 is 1.12 bits per heavy atom. The van der Waals surface area contributed by atoms with Gasteiger partial charge >= 0.3 is 6.03 Å². The van der Waals surface area contributed by atoms with Crippen LogP contribution < -0.4 is 10.6 Å². The predicted molar refractivity (Wildman–Crippen MR) is 92.6 cm³/mol. The molecule has 1 aliphatic rings. The van der Waals surface area contributed by atoms with E-state index < -0.39 is 6.04 Å². The second-order valence-electron chi connectivity index (χ2n) is 6.02. The minimum Gasteiger partial charge on any atom is -0.348 e. The van der Waals surface area contributed by atoms with Crippen molar-refractivity contribution in [3.63, 3.8) is 0 Å². The number of carbonyl (C=O) groups excluding carboxylic acids is 2. The van der Waals surface area contributed by atoms with Gasteiger partial charge in [-0.05, 0) is 38.1 Å². The number of carbonyl (C=O) groups is 2. The van der Waals surface area contributed by atoms with Crippen LogP contribution in [0.5, 0.6) is 0 Å². The van der Waals surface area contributed by atoms with E-state index in [-0.39, 0.29) is 18.0 Å². The van der Waals surface area contributed by atoms with E-state index in [1.807, 2.05) is 48.4 Å². The Bertz CT molecular complexity index is 726. The van der Waals surface area contributed by atoms with Gasteiger partial charge in [-0.2, -0.15) is 0 Å². The highest BCUT2D eigenvalue weighted by Gasteiger charge is 2.30. The van der Waals surface area contributed by atoms with Crippen LogP contribution in [0.3, 0.4) is 0 Å². The third kappa shape index (κ3) is 3.27. The van der Waals surface area contributed by atoms with Crippen LogP contribution in [0.25, 0.3) is 0 Å². The molecule has 2 unspecified atom stereocenters. The minimum absolute atomic E-state index is 0.00249. The normalized spacial score (nSPS) is 17.8. The zero-order chi connectivity index (χ0) is 17.1. The number of aromatic nitrogens is 1. The molecule has 0 fully saturated rings. The molecule has 24 heavy (non-hydrogen) atoms. The van der Waals surface area contributed by atoms with Crippen LogP contribution in [0.2, 0.25) is 0 Å². The number of amides is 3. The number of benzene rings is 1. The lowest BCUT2D eigenvalue weighted by molar-refractivity contribution is -0.136. The van der Waals surface area contributed by atoms with Crippen LogP contribution in [0, 0.1) is 0 Å². The Hall–Kier alpha value is -2.76. The number of para-hydroxylation sites is 1. The first kappa shape index (κ1) is 16.1. The summed E-state index contributed by atoms with van der Waals surface area (Å²) in [6.07, 6.45) is 2.03. The Kier molecular flexibility index (Phi) is 4.55. The molecular weight excluding hydrogens is 304 g/mol. The predicted octanol–water partition coefficient (Wildman–Crippen LogP) is 2.60. The molecule has 2 N–H and O–H groups in total. The number of urea groups is 1. The van der Waals surface area contributed by atoms with Gasteiger partial charge in [0.15, 0.2) is 0 Å². The minimum atomic E-state index is -0.585. The smallest absolute Gasteiger partial charge is 0.319 e. The second-order valence-corrected chi connectivity index (χ2v) is 6.02.